The fourth-order valence-corrected chi connectivity index (χ4v) is 1.62. The average Bonchev–Trinajstić information content (AvgIpc) is 2.47. The molecule has 21 heavy (non-hydrogen) atoms. The number of benzene rings is 1. The van der Waals surface area contributed by atoms with Crippen molar-refractivity contribution in [3.8, 4) is 5.75 Å². The summed E-state index contributed by atoms with van der Waals surface area (Å²) in [5.74, 6) is 0.626. The molecule has 1 aromatic rings. The van der Waals surface area contributed by atoms with Crippen LogP contribution in [-0.4, -0.2) is 38.8 Å². The molecule has 0 atom stereocenters. The first kappa shape index (κ1) is 17.6. The summed E-state index contributed by atoms with van der Waals surface area (Å²) < 4.78 is 16.0. The van der Waals surface area contributed by atoms with E-state index < -0.39 is 6.29 Å². The maximum Gasteiger partial charge on any atom is 0.317 e. The van der Waals surface area contributed by atoms with Crippen molar-refractivity contribution in [3.63, 3.8) is 0 Å². The number of nitrogens with one attached hydrogen (secondary N) is 2. The quantitative estimate of drug-likeness (QED) is 0.686. The van der Waals surface area contributed by atoms with Gasteiger partial charge in [-0.2, -0.15) is 0 Å². The minimum atomic E-state index is -0.442. The summed E-state index contributed by atoms with van der Waals surface area (Å²) in [6, 6.07) is 6.52. The van der Waals surface area contributed by atoms with Crippen molar-refractivity contribution >= 4 is 17.6 Å². The zero-order valence-electron chi connectivity index (χ0n) is 12.2. The molecule has 0 fully saturated rings. The minimum Gasteiger partial charge on any atom is -0.473 e. The molecule has 6 nitrogen and oxygen atoms in total. The first-order chi connectivity index (χ1) is 10.2. The maximum atomic E-state index is 11.6. The molecule has 0 spiro atoms. The van der Waals surface area contributed by atoms with Crippen LogP contribution in [0.3, 0.4) is 0 Å². The predicted octanol–water partition coefficient (Wildman–Crippen LogP) is 2.37. The molecule has 0 aromatic heterocycles. The smallest absolute Gasteiger partial charge is 0.317 e. The topological polar surface area (TPSA) is 68.8 Å². The van der Waals surface area contributed by atoms with E-state index in [9.17, 15) is 4.79 Å². The predicted molar refractivity (Wildman–Crippen MR) is 80.5 cm³/mol. The van der Waals surface area contributed by atoms with Gasteiger partial charge in [0.05, 0.1) is 6.54 Å². The second-order valence-corrected chi connectivity index (χ2v) is 4.41. The van der Waals surface area contributed by atoms with E-state index in [0.717, 1.165) is 0 Å². The summed E-state index contributed by atoms with van der Waals surface area (Å²) in [5.41, 5.74) is 0. The normalized spacial score (nSPS) is 10.5. The molecule has 1 aromatic carbocycles. The summed E-state index contributed by atoms with van der Waals surface area (Å²) in [5, 5.41) is 5.85. The van der Waals surface area contributed by atoms with Crippen molar-refractivity contribution in [1.29, 1.82) is 0 Å². The lowest BCUT2D eigenvalue weighted by atomic mass is 10.3. The Hall–Kier alpha value is -1.50. The van der Waals surface area contributed by atoms with Crippen LogP contribution >= 0.6 is 11.6 Å². The van der Waals surface area contributed by atoms with Gasteiger partial charge < -0.3 is 24.8 Å². The number of halogens is 1. The van der Waals surface area contributed by atoms with Crippen LogP contribution in [0.15, 0.2) is 24.3 Å². The zero-order valence-corrected chi connectivity index (χ0v) is 13.0. The van der Waals surface area contributed by atoms with Crippen molar-refractivity contribution in [2.24, 2.45) is 0 Å². The number of rotatable bonds is 9. The van der Waals surface area contributed by atoms with Gasteiger partial charge in [0.1, 0.15) is 5.75 Å². The molecule has 0 unspecified atom stereocenters. The van der Waals surface area contributed by atoms with Crippen LogP contribution in [0.25, 0.3) is 0 Å². The Labute approximate surface area is 129 Å². The Morgan fingerprint density at radius 3 is 2.33 bits per heavy atom. The lowest BCUT2D eigenvalue weighted by Crippen LogP contribution is -2.42. The molecule has 0 saturated heterocycles. The number of urea groups is 1. The molecule has 0 aliphatic heterocycles. The summed E-state index contributed by atoms with van der Waals surface area (Å²) in [7, 11) is 0. The second kappa shape index (κ2) is 10.3. The van der Waals surface area contributed by atoms with E-state index in [0.29, 0.717) is 24.0 Å². The summed E-state index contributed by atoms with van der Waals surface area (Å²) in [6.45, 7) is 5.11. The van der Waals surface area contributed by atoms with Crippen molar-refractivity contribution in [1.82, 2.24) is 10.6 Å². The number of ether oxygens (including phenoxy) is 3. The first-order valence-electron chi connectivity index (χ1n) is 6.79. The van der Waals surface area contributed by atoms with E-state index in [1.165, 1.54) is 0 Å². The van der Waals surface area contributed by atoms with Crippen molar-refractivity contribution in [3.05, 3.63) is 29.3 Å². The summed E-state index contributed by atoms with van der Waals surface area (Å²) in [6.07, 6.45) is -0.442. The van der Waals surface area contributed by atoms with E-state index in [-0.39, 0.29) is 19.3 Å². The number of amides is 2. The van der Waals surface area contributed by atoms with Crippen LogP contribution in [-0.2, 0) is 9.47 Å². The Kier molecular flexibility index (Phi) is 8.57. The lowest BCUT2D eigenvalue weighted by Gasteiger charge is -2.17. The van der Waals surface area contributed by atoms with Gasteiger partial charge in [0, 0.05) is 18.2 Å². The van der Waals surface area contributed by atoms with E-state index in [2.05, 4.69) is 10.6 Å². The zero-order chi connectivity index (χ0) is 15.5. The SMILES string of the molecule is CCOC(CNC(=O)NCOc1ccc(Cl)cc1)OCC. The van der Waals surface area contributed by atoms with Gasteiger partial charge in [-0.1, -0.05) is 11.6 Å². The van der Waals surface area contributed by atoms with Crippen LogP contribution < -0.4 is 15.4 Å². The maximum absolute atomic E-state index is 11.6. The number of carbonyl (C=O) groups excluding carboxylic acids is 1. The molecule has 0 radical (unpaired) electrons. The Morgan fingerprint density at radius 2 is 1.76 bits per heavy atom. The molecule has 0 heterocycles. The van der Waals surface area contributed by atoms with Crippen molar-refractivity contribution < 1.29 is 19.0 Å². The van der Waals surface area contributed by atoms with Crippen LogP contribution in [0.5, 0.6) is 5.75 Å². The number of carbonyl (C=O) groups is 1. The molecule has 0 saturated carbocycles. The Bertz CT molecular complexity index is 408. The molecule has 2 N–H and O–H groups in total. The van der Waals surface area contributed by atoms with Crippen LogP contribution in [0.2, 0.25) is 5.02 Å². The van der Waals surface area contributed by atoms with Gasteiger partial charge in [-0.25, -0.2) is 4.79 Å². The molecule has 0 aliphatic rings. The fourth-order valence-electron chi connectivity index (χ4n) is 1.49. The molecule has 118 valence electrons. The molecular weight excluding hydrogens is 296 g/mol. The van der Waals surface area contributed by atoms with Gasteiger partial charge in [0.25, 0.3) is 0 Å². The highest BCUT2D eigenvalue weighted by Gasteiger charge is 2.09. The number of hydrogen-bond donors (Lipinski definition) is 2. The monoisotopic (exact) mass is 316 g/mol. The van der Waals surface area contributed by atoms with Crippen LogP contribution in [0, 0.1) is 0 Å². The van der Waals surface area contributed by atoms with Crippen molar-refractivity contribution in [2.75, 3.05) is 26.5 Å². The van der Waals surface area contributed by atoms with E-state index in [1.54, 1.807) is 24.3 Å². The summed E-state index contributed by atoms with van der Waals surface area (Å²) in [4.78, 5) is 11.6. The van der Waals surface area contributed by atoms with Crippen LogP contribution in [0.4, 0.5) is 4.79 Å². The fraction of sp³-hybridized carbons (Fsp3) is 0.500. The first-order valence-corrected chi connectivity index (χ1v) is 7.16. The molecule has 0 aliphatic carbocycles. The molecule has 1 rings (SSSR count). The molecular formula is C14H21ClN2O4. The van der Waals surface area contributed by atoms with Gasteiger partial charge in [-0.15, -0.1) is 0 Å². The van der Waals surface area contributed by atoms with Crippen molar-refractivity contribution in [2.45, 2.75) is 20.1 Å². The highest BCUT2D eigenvalue weighted by molar-refractivity contribution is 6.30. The lowest BCUT2D eigenvalue weighted by molar-refractivity contribution is -0.131. The third-order valence-corrected chi connectivity index (χ3v) is 2.67. The van der Waals surface area contributed by atoms with E-state index in [4.69, 9.17) is 25.8 Å². The number of hydrogen-bond acceptors (Lipinski definition) is 4. The Morgan fingerprint density at radius 1 is 1.14 bits per heavy atom. The van der Waals surface area contributed by atoms with Gasteiger partial charge in [-0.3, -0.25) is 0 Å². The second-order valence-electron chi connectivity index (χ2n) is 3.97. The minimum absolute atomic E-state index is 0.0569. The average molecular weight is 317 g/mol. The largest absolute Gasteiger partial charge is 0.473 e. The Balaban J connectivity index is 2.19. The molecule has 0 bridgehead atoms. The van der Waals surface area contributed by atoms with Gasteiger partial charge >= 0.3 is 6.03 Å². The third-order valence-electron chi connectivity index (χ3n) is 2.42. The van der Waals surface area contributed by atoms with Gasteiger partial charge in [0.2, 0.25) is 0 Å². The highest BCUT2D eigenvalue weighted by Crippen LogP contribution is 2.14. The van der Waals surface area contributed by atoms with E-state index >= 15 is 0 Å². The van der Waals surface area contributed by atoms with Crippen LogP contribution in [0.1, 0.15) is 13.8 Å². The third kappa shape index (κ3) is 7.75. The standard InChI is InChI=1S/C14H21ClN2O4/c1-3-19-13(20-4-2)9-16-14(18)17-10-21-12-7-5-11(15)6-8-12/h5-8,13H,3-4,9-10H2,1-2H3,(H2,16,17,18). The van der Waals surface area contributed by atoms with E-state index in [1.807, 2.05) is 13.8 Å². The van der Waals surface area contributed by atoms with Gasteiger partial charge in [0.15, 0.2) is 13.0 Å². The molecule has 2 amide bonds. The van der Waals surface area contributed by atoms with Gasteiger partial charge in [-0.05, 0) is 38.1 Å². The summed E-state index contributed by atoms with van der Waals surface area (Å²) >= 11 is 5.76. The highest BCUT2D eigenvalue weighted by atomic mass is 35.5. The molecule has 7 heteroatoms.